The van der Waals surface area contributed by atoms with Crippen LogP contribution in [-0.4, -0.2) is 18.5 Å². The quantitative estimate of drug-likeness (QED) is 0.724. The van der Waals surface area contributed by atoms with Gasteiger partial charge in [-0.05, 0) is 48.4 Å². The van der Waals surface area contributed by atoms with Crippen molar-refractivity contribution in [3.8, 4) is 0 Å². The van der Waals surface area contributed by atoms with Crippen molar-refractivity contribution >= 4 is 31.9 Å². The maximum atomic E-state index is 13.3. The molecular weight excluding hydrogens is 351 g/mol. The van der Waals surface area contributed by atoms with Crippen molar-refractivity contribution in [3.05, 3.63) is 34.1 Å². The second-order valence-corrected chi connectivity index (χ2v) is 6.18. The molecule has 94 valence electrons. The molecule has 1 nitrogen and oxygen atoms in total. The van der Waals surface area contributed by atoms with Gasteiger partial charge in [0, 0.05) is 23.0 Å². The average Bonchev–Trinajstić information content (AvgIpc) is 2.29. The summed E-state index contributed by atoms with van der Waals surface area (Å²) >= 11 is 6.94. The number of halogens is 3. The molecule has 0 bridgehead atoms. The van der Waals surface area contributed by atoms with Crippen molar-refractivity contribution < 1.29 is 9.13 Å². The zero-order valence-electron chi connectivity index (χ0n) is 9.52. The van der Waals surface area contributed by atoms with Gasteiger partial charge in [0.1, 0.15) is 5.82 Å². The SMILES string of the molecule is Fc1cc(Br)cc(CC2(CBr)CCOCC2)c1. The van der Waals surface area contributed by atoms with Gasteiger partial charge in [-0.15, -0.1) is 0 Å². The number of hydrogen-bond donors (Lipinski definition) is 0. The molecule has 0 unspecified atom stereocenters. The molecule has 0 radical (unpaired) electrons. The molecule has 0 aromatic heterocycles. The number of benzene rings is 1. The van der Waals surface area contributed by atoms with Crippen LogP contribution in [0.25, 0.3) is 0 Å². The van der Waals surface area contributed by atoms with E-state index in [0.717, 1.165) is 47.8 Å². The normalized spacial score (nSPS) is 19.2. The van der Waals surface area contributed by atoms with Gasteiger partial charge in [-0.2, -0.15) is 0 Å². The second-order valence-electron chi connectivity index (χ2n) is 4.70. The first-order valence-electron chi connectivity index (χ1n) is 5.72. The Morgan fingerprint density at radius 3 is 2.53 bits per heavy atom. The van der Waals surface area contributed by atoms with Gasteiger partial charge in [-0.1, -0.05) is 31.9 Å². The van der Waals surface area contributed by atoms with Crippen molar-refractivity contribution in [1.82, 2.24) is 0 Å². The van der Waals surface area contributed by atoms with Gasteiger partial charge in [-0.3, -0.25) is 0 Å². The summed E-state index contributed by atoms with van der Waals surface area (Å²) in [6, 6.07) is 5.13. The van der Waals surface area contributed by atoms with E-state index < -0.39 is 0 Å². The molecule has 0 atom stereocenters. The van der Waals surface area contributed by atoms with Gasteiger partial charge in [0.05, 0.1) is 0 Å². The van der Waals surface area contributed by atoms with E-state index >= 15 is 0 Å². The summed E-state index contributed by atoms with van der Waals surface area (Å²) in [4.78, 5) is 0. The molecule has 0 N–H and O–H groups in total. The molecule has 1 aliphatic rings. The van der Waals surface area contributed by atoms with Crippen LogP contribution in [0.4, 0.5) is 4.39 Å². The molecule has 2 rings (SSSR count). The Labute approximate surface area is 118 Å². The molecule has 0 saturated carbocycles. The molecule has 0 spiro atoms. The summed E-state index contributed by atoms with van der Waals surface area (Å²) in [5.74, 6) is -0.175. The van der Waals surface area contributed by atoms with Crippen molar-refractivity contribution in [2.75, 3.05) is 18.5 Å². The predicted molar refractivity (Wildman–Crippen MR) is 74.1 cm³/mol. The van der Waals surface area contributed by atoms with Crippen molar-refractivity contribution in [3.63, 3.8) is 0 Å². The number of rotatable bonds is 3. The van der Waals surface area contributed by atoms with Crippen LogP contribution in [0.3, 0.4) is 0 Å². The minimum atomic E-state index is -0.175. The van der Waals surface area contributed by atoms with Gasteiger partial charge >= 0.3 is 0 Å². The first kappa shape index (κ1) is 13.5. The second kappa shape index (κ2) is 5.81. The van der Waals surface area contributed by atoms with Crippen LogP contribution in [0.5, 0.6) is 0 Å². The Morgan fingerprint density at radius 1 is 1.24 bits per heavy atom. The van der Waals surface area contributed by atoms with Crippen LogP contribution >= 0.6 is 31.9 Å². The smallest absolute Gasteiger partial charge is 0.124 e. The van der Waals surface area contributed by atoms with E-state index in [2.05, 4.69) is 31.9 Å². The van der Waals surface area contributed by atoms with Crippen LogP contribution in [0.1, 0.15) is 18.4 Å². The zero-order chi connectivity index (χ0) is 12.3. The van der Waals surface area contributed by atoms with Gasteiger partial charge < -0.3 is 4.74 Å². The van der Waals surface area contributed by atoms with E-state index in [4.69, 9.17) is 4.74 Å². The highest BCUT2D eigenvalue weighted by molar-refractivity contribution is 9.10. The van der Waals surface area contributed by atoms with E-state index in [9.17, 15) is 4.39 Å². The first-order valence-corrected chi connectivity index (χ1v) is 7.64. The summed E-state index contributed by atoms with van der Waals surface area (Å²) in [5.41, 5.74) is 1.27. The monoisotopic (exact) mass is 364 g/mol. The van der Waals surface area contributed by atoms with Gasteiger partial charge in [0.2, 0.25) is 0 Å². The Kier molecular flexibility index (Phi) is 4.61. The van der Waals surface area contributed by atoms with Crippen LogP contribution in [0.15, 0.2) is 22.7 Å². The topological polar surface area (TPSA) is 9.23 Å². The van der Waals surface area contributed by atoms with Crippen LogP contribution in [-0.2, 0) is 11.2 Å². The van der Waals surface area contributed by atoms with Gasteiger partial charge in [-0.25, -0.2) is 4.39 Å². The standard InChI is InChI=1S/C13H15Br2FO/c14-9-13(1-3-17-4-2-13)8-10-5-11(15)7-12(16)6-10/h5-7H,1-4,8-9H2. The van der Waals surface area contributed by atoms with E-state index in [1.165, 1.54) is 6.07 Å². The molecular formula is C13H15Br2FO. The molecule has 4 heteroatoms. The largest absolute Gasteiger partial charge is 0.381 e. The van der Waals surface area contributed by atoms with Crippen molar-refractivity contribution in [2.45, 2.75) is 19.3 Å². The molecule has 1 aliphatic heterocycles. The Morgan fingerprint density at radius 2 is 1.94 bits per heavy atom. The highest BCUT2D eigenvalue weighted by atomic mass is 79.9. The average molecular weight is 366 g/mol. The fourth-order valence-corrected chi connectivity index (χ4v) is 3.58. The van der Waals surface area contributed by atoms with Crippen molar-refractivity contribution in [2.24, 2.45) is 5.41 Å². The summed E-state index contributed by atoms with van der Waals surface area (Å²) in [5, 5.41) is 0.942. The fraction of sp³-hybridized carbons (Fsp3) is 0.538. The minimum absolute atomic E-state index is 0.175. The fourth-order valence-electron chi connectivity index (χ4n) is 2.31. The maximum Gasteiger partial charge on any atom is 0.124 e. The first-order chi connectivity index (χ1) is 8.13. The summed E-state index contributed by atoms with van der Waals surface area (Å²) < 4.78 is 19.6. The Balaban J connectivity index is 2.17. The third kappa shape index (κ3) is 3.52. The van der Waals surface area contributed by atoms with E-state index in [1.54, 1.807) is 6.07 Å². The molecule has 17 heavy (non-hydrogen) atoms. The van der Waals surface area contributed by atoms with Crippen LogP contribution < -0.4 is 0 Å². The number of ether oxygens (including phenoxy) is 1. The lowest BCUT2D eigenvalue weighted by Gasteiger charge is -2.35. The lowest BCUT2D eigenvalue weighted by Crippen LogP contribution is -2.33. The third-order valence-electron chi connectivity index (χ3n) is 3.34. The van der Waals surface area contributed by atoms with Gasteiger partial charge in [0.25, 0.3) is 0 Å². The Hall–Kier alpha value is 0.0700. The molecule has 0 amide bonds. The van der Waals surface area contributed by atoms with Crippen LogP contribution in [0, 0.1) is 11.2 Å². The maximum absolute atomic E-state index is 13.3. The zero-order valence-corrected chi connectivity index (χ0v) is 12.7. The van der Waals surface area contributed by atoms with E-state index in [-0.39, 0.29) is 11.2 Å². The number of alkyl halides is 1. The molecule has 0 aliphatic carbocycles. The highest BCUT2D eigenvalue weighted by Gasteiger charge is 2.31. The predicted octanol–water partition coefficient (Wildman–Crippen LogP) is 4.32. The third-order valence-corrected chi connectivity index (χ3v) is 4.99. The lowest BCUT2D eigenvalue weighted by atomic mass is 9.77. The molecule has 1 fully saturated rings. The van der Waals surface area contributed by atoms with Gasteiger partial charge in [0.15, 0.2) is 0 Å². The Bertz CT molecular complexity index is 369. The van der Waals surface area contributed by atoms with Crippen LogP contribution in [0.2, 0.25) is 0 Å². The highest BCUT2D eigenvalue weighted by Crippen LogP contribution is 2.36. The number of hydrogen-bond acceptors (Lipinski definition) is 1. The molecule has 1 aromatic rings. The van der Waals surface area contributed by atoms with Crippen molar-refractivity contribution in [1.29, 1.82) is 0 Å². The minimum Gasteiger partial charge on any atom is -0.381 e. The van der Waals surface area contributed by atoms with E-state index in [1.807, 2.05) is 6.07 Å². The summed E-state index contributed by atoms with van der Waals surface area (Å²) in [6.45, 7) is 1.62. The molecule has 1 aromatic carbocycles. The summed E-state index contributed by atoms with van der Waals surface area (Å²) in [7, 11) is 0. The lowest BCUT2D eigenvalue weighted by molar-refractivity contribution is 0.0269. The molecule has 1 heterocycles. The van der Waals surface area contributed by atoms with E-state index in [0.29, 0.717) is 0 Å². The summed E-state index contributed by atoms with van der Waals surface area (Å²) in [6.07, 6.45) is 2.97. The molecule has 1 saturated heterocycles.